The van der Waals surface area contributed by atoms with Crippen LogP contribution in [-0.2, 0) is 11.2 Å². The summed E-state index contributed by atoms with van der Waals surface area (Å²) >= 11 is 0. The molecule has 6 nitrogen and oxygen atoms in total. The number of hydrogen-bond donors (Lipinski definition) is 1. The van der Waals surface area contributed by atoms with Gasteiger partial charge in [-0.1, -0.05) is 0 Å². The lowest BCUT2D eigenvalue weighted by Gasteiger charge is -2.31. The molecule has 0 aliphatic carbocycles. The van der Waals surface area contributed by atoms with Crippen LogP contribution < -0.4 is 5.32 Å². The summed E-state index contributed by atoms with van der Waals surface area (Å²) in [7, 11) is 1.53. The smallest absolute Gasteiger partial charge is 0.251 e. The number of nitrogens with zero attached hydrogens (tertiary/aromatic N) is 3. The van der Waals surface area contributed by atoms with Crippen LogP contribution >= 0.6 is 0 Å². The molecule has 2 aromatic heterocycles. The molecule has 1 aromatic carbocycles. The van der Waals surface area contributed by atoms with Gasteiger partial charge in [0, 0.05) is 44.4 Å². The number of imidazole rings is 1. The molecule has 3 aromatic rings. The van der Waals surface area contributed by atoms with E-state index in [0.29, 0.717) is 28.3 Å². The Kier molecular flexibility index (Phi) is 6.00. The number of pyridine rings is 1. The van der Waals surface area contributed by atoms with Crippen molar-refractivity contribution in [1.29, 1.82) is 0 Å². The Morgan fingerprint density at radius 3 is 2.53 bits per heavy atom. The zero-order valence-electron chi connectivity index (χ0n) is 19.0. The number of amides is 2. The van der Waals surface area contributed by atoms with Crippen LogP contribution in [0.15, 0.2) is 30.5 Å². The fourth-order valence-corrected chi connectivity index (χ4v) is 4.64. The second kappa shape index (κ2) is 8.73. The molecule has 0 radical (unpaired) electrons. The Labute approximate surface area is 187 Å². The van der Waals surface area contributed by atoms with Crippen molar-refractivity contribution < 1.29 is 14.0 Å². The summed E-state index contributed by atoms with van der Waals surface area (Å²) < 4.78 is 17.4. The summed E-state index contributed by atoms with van der Waals surface area (Å²) in [4.78, 5) is 30.4. The molecule has 1 fully saturated rings. The maximum Gasteiger partial charge on any atom is 0.251 e. The summed E-state index contributed by atoms with van der Waals surface area (Å²) in [5, 5.41) is 2.55. The van der Waals surface area contributed by atoms with E-state index in [9.17, 15) is 9.59 Å². The highest BCUT2D eigenvalue weighted by Gasteiger charge is 2.26. The molecular weight excluding hydrogens is 407 g/mol. The molecule has 0 bridgehead atoms. The van der Waals surface area contributed by atoms with Crippen LogP contribution in [0.4, 0.5) is 4.39 Å². The fourth-order valence-electron chi connectivity index (χ4n) is 4.64. The van der Waals surface area contributed by atoms with Gasteiger partial charge >= 0.3 is 0 Å². The maximum atomic E-state index is 15.3. The van der Waals surface area contributed by atoms with Crippen molar-refractivity contribution in [3.63, 3.8) is 0 Å². The molecule has 0 saturated carbocycles. The standard InChI is InChI=1S/C25H29FN4O2/c1-15-5-10-30-21(13-18-6-8-29(9-7-18)17(3)31)24(28-22(30)11-15)23-16(2)12-19(14-20(23)26)25(32)27-4/h5,10-12,14,18H,6-9,13H2,1-4H3,(H,27,32). The topological polar surface area (TPSA) is 66.7 Å². The molecule has 7 heteroatoms. The minimum atomic E-state index is -0.448. The first-order valence-corrected chi connectivity index (χ1v) is 11.0. The molecule has 1 N–H and O–H groups in total. The molecule has 0 atom stereocenters. The largest absolute Gasteiger partial charge is 0.355 e. The minimum absolute atomic E-state index is 0.114. The normalized spacial score (nSPS) is 14.7. The fraction of sp³-hybridized carbons (Fsp3) is 0.400. The summed E-state index contributed by atoms with van der Waals surface area (Å²) in [5.74, 6) is -0.264. The van der Waals surface area contributed by atoms with Gasteiger partial charge in [-0.2, -0.15) is 0 Å². The van der Waals surface area contributed by atoms with E-state index in [4.69, 9.17) is 4.98 Å². The van der Waals surface area contributed by atoms with E-state index < -0.39 is 5.82 Å². The summed E-state index contributed by atoms with van der Waals surface area (Å²) in [6.45, 7) is 6.93. The number of carbonyl (C=O) groups excluding carboxylic acids is 2. The van der Waals surface area contributed by atoms with Crippen LogP contribution in [0.1, 0.15) is 46.9 Å². The SMILES string of the molecule is CNC(=O)c1cc(C)c(-c2nc3cc(C)ccn3c2CC2CCN(C(C)=O)CC2)c(F)c1. The van der Waals surface area contributed by atoms with Crippen LogP contribution in [-0.4, -0.2) is 46.2 Å². The molecule has 0 spiro atoms. The third kappa shape index (κ3) is 4.11. The van der Waals surface area contributed by atoms with Crippen LogP contribution in [0.3, 0.4) is 0 Å². The van der Waals surface area contributed by atoms with Gasteiger partial charge in [-0.15, -0.1) is 0 Å². The van der Waals surface area contributed by atoms with Crippen LogP contribution in [0.5, 0.6) is 0 Å². The molecule has 2 amide bonds. The van der Waals surface area contributed by atoms with Crippen molar-refractivity contribution in [2.75, 3.05) is 20.1 Å². The third-order valence-electron chi connectivity index (χ3n) is 6.44. The molecule has 0 unspecified atom stereocenters. The second-order valence-corrected chi connectivity index (χ2v) is 8.72. The Balaban J connectivity index is 1.77. The molecule has 168 valence electrons. The monoisotopic (exact) mass is 436 g/mol. The summed E-state index contributed by atoms with van der Waals surface area (Å²) in [6.07, 6.45) is 4.57. The Morgan fingerprint density at radius 1 is 1.19 bits per heavy atom. The van der Waals surface area contributed by atoms with Crippen molar-refractivity contribution in [3.8, 4) is 11.3 Å². The van der Waals surface area contributed by atoms with Crippen LogP contribution in [0.25, 0.3) is 16.9 Å². The number of fused-ring (bicyclic) bond motifs is 1. The van der Waals surface area contributed by atoms with E-state index in [-0.39, 0.29) is 11.8 Å². The molecule has 4 rings (SSSR count). The van der Waals surface area contributed by atoms with Gasteiger partial charge in [0.05, 0.1) is 11.4 Å². The Bertz CT molecular complexity index is 1170. The van der Waals surface area contributed by atoms with Gasteiger partial charge in [0.25, 0.3) is 5.91 Å². The van der Waals surface area contributed by atoms with E-state index in [0.717, 1.165) is 49.3 Å². The lowest BCUT2D eigenvalue weighted by molar-refractivity contribution is -0.130. The quantitative estimate of drug-likeness (QED) is 0.674. The number of carbonyl (C=O) groups is 2. The van der Waals surface area contributed by atoms with Gasteiger partial charge in [0.1, 0.15) is 11.5 Å². The third-order valence-corrected chi connectivity index (χ3v) is 6.44. The van der Waals surface area contributed by atoms with Crippen molar-refractivity contribution in [2.45, 2.75) is 40.0 Å². The number of rotatable bonds is 4. The Morgan fingerprint density at radius 2 is 1.91 bits per heavy atom. The predicted molar refractivity (Wildman–Crippen MR) is 122 cm³/mol. The van der Waals surface area contributed by atoms with Crippen LogP contribution in [0.2, 0.25) is 0 Å². The van der Waals surface area contributed by atoms with Crippen molar-refractivity contribution in [3.05, 3.63) is 58.7 Å². The van der Waals surface area contributed by atoms with Crippen LogP contribution in [0, 0.1) is 25.6 Å². The number of piperidine rings is 1. The van der Waals surface area contributed by atoms with Gasteiger partial charge < -0.3 is 14.6 Å². The molecular formula is C25H29FN4O2. The van der Waals surface area contributed by atoms with E-state index in [1.165, 1.54) is 13.1 Å². The first-order chi connectivity index (χ1) is 15.3. The first kappa shape index (κ1) is 22.0. The minimum Gasteiger partial charge on any atom is -0.355 e. The summed E-state index contributed by atoms with van der Waals surface area (Å²) in [6, 6.07) is 7.02. The van der Waals surface area contributed by atoms with Gasteiger partial charge in [-0.05, 0) is 74.4 Å². The number of aryl methyl sites for hydroxylation is 2. The number of benzene rings is 1. The predicted octanol–water partition coefficient (Wildman–Crippen LogP) is 3.92. The molecule has 3 heterocycles. The van der Waals surface area contributed by atoms with Gasteiger partial charge in [-0.3, -0.25) is 9.59 Å². The highest BCUT2D eigenvalue weighted by atomic mass is 19.1. The second-order valence-electron chi connectivity index (χ2n) is 8.72. The number of nitrogens with one attached hydrogen (secondary N) is 1. The average molecular weight is 437 g/mol. The number of likely N-dealkylation sites (tertiary alicyclic amines) is 1. The molecule has 1 aliphatic heterocycles. The lowest BCUT2D eigenvalue weighted by atomic mass is 9.90. The molecule has 1 saturated heterocycles. The highest BCUT2D eigenvalue weighted by molar-refractivity contribution is 5.95. The van der Waals surface area contributed by atoms with E-state index >= 15 is 4.39 Å². The van der Waals surface area contributed by atoms with Gasteiger partial charge in [-0.25, -0.2) is 9.37 Å². The maximum absolute atomic E-state index is 15.3. The number of halogens is 1. The Hall–Kier alpha value is -3.22. The summed E-state index contributed by atoms with van der Waals surface area (Å²) in [5.41, 5.74) is 4.88. The van der Waals surface area contributed by atoms with E-state index in [1.807, 2.05) is 41.5 Å². The number of hydrogen-bond acceptors (Lipinski definition) is 3. The van der Waals surface area contributed by atoms with Crippen molar-refractivity contribution >= 4 is 17.5 Å². The zero-order valence-corrected chi connectivity index (χ0v) is 19.0. The molecule has 32 heavy (non-hydrogen) atoms. The highest BCUT2D eigenvalue weighted by Crippen LogP contribution is 2.34. The van der Waals surface area contributed by atoms with E-state index in [1.54, 1.807) is 13.0 Å². The lowest BCUT2D eigenvalue weighted by Crippen LogP contribution is -2.37. The van der Waals surface area contributed by atoms with E-state index in [2.05, 4.69) is 5.32 Å². The first-order valence-electron chi connectivity index (χ1n) is 11.0. The number of aromatic nitrogens is 2. The van der Waals surface area contributed by atoms with Crippen molar-refractivity contribution in [2.24, 2.45) is 5.92 Å². The van der Waals surface area contributed by atoms with Gasteiger partial charge in [0.15, 0.2) is 0 Å². The molecule has 1 aliphatic rings. The average Bonchev–Trinajstić information content (AvgIpc) is 3.09. The van der Waals surface area contributed by atoms with Gasteiger partial charge in [0.2, 0.25) is 5.91 Å². The van der Waals surface area contributed by atoms with Crippen molar-refractivity contribution in [1.82, 2.24) is 19.6 Å². The zero-order chi connectivity index (χ0) is 23.0.